The van der Waals surface area contributed by atoms with E-state index in [0.717, 1.165) is 93.8 Å². The van der Waals surface area contributed by atoms with Crippen LogP contribution in [0.5, 0.6) is 0 Å². The normalized spacial score (nSPS) is 23.9. The lowest BCUT2D eigenvalue weighted by Crippen LogP contribution is -2.47. The molecule has 0 bridgehead atoms. The first kappa shape index (κ1) is 89.3. The molecule has 634 valence electrons. The van der Waals surface area contributed by atoms with Gasteiger partial charge in [0.15, 0.2) is 0 Å². The summed E-state index contributed by atoms with van der Waals surface area (Å²) in [6.45, 7) is 66.3. The maximum Gasteiger partial charge on any atom is 0.494 e. The monoisotopic (exact) mass is 1640 g/mol. The van der Waals surface area contributed by atoms with Crippen LogP contribution in [0.25, 0.3) is 60.9 Å². The van der Waals surface area contributed by atoms with Gasteiger partial charge in [0.05, 0.1) is 101 Å². The van der Waals surface area contributed by atoms with Crippen LogP contribution in [0.4, 0.5) is 0 Å². The molecule has 8 saturated heterocycles. The molecule has 1 aromatic heterocycles. The number of hydrogen-bond donors (Lipinski definition) is 0. The second-order valence-corrected chi connectivity index (χ2v) is 42.5. The van der Waals surface area contributed by atoms with Crippen LogP contribution in [-0.2, 0) is 74.5 Å². The van der Waals surface area contributed by atoms with Crippen molar-refractivity contribution >= 4 is 122 Å². The van der Waals surface area contributed by atoms with E-state index in [0.29, 0.717) is 0 Å². The third kappa shape index (κ3) is 16.4. The minimum atomic E-state index is -0.515. The molecule has 17 rings (SSSR count). The lowest BCUT2D eigenvalue weighted by molar-refractivity contribution is 0.00578. The van der Waals surface area contributed by atoms with Gasteiger partial charge < -0.3 is 79.0 Å². The predicted octanol–water partition coefficient (Wildman–Crippen LogP) is 15.6. The van der Waals surface area contributed by atoms with Crippen LogP contribution in [0, 0.1) is 0 Å². The fraction of sp³-hybridized carbons (Fsp3) is 0.500. The van der Waals surface area contributed by atoms with Crippen molar-refractivity contribution in [3.05, 3.63) is 176 Å². The van der Waals surface area contributed by atoms with E-state index in [1.54, 1.807) is 0 Å². The van der Waals surface area contributed by atoms with Gasteiger partial charge in [0.1, 0.15) is 0 Å². The van der Waals surface area contributed by atoms with E-state index in [-0.39, 0.29) is 0 Å². The summed E-state index contributed by atoms with van der Waals surface area (Å²) in [7, 11) is -3.60. The van der Waals surface area contributed by atoms with Gasteiger partial charge in [-0.2, -0.15) is 0 Å². The Morgan fingerprint density at radius 1 is 0.165 bits per heavy atom. The number of rotatable bonds is 12. The molecule has 0 atom stereocenters. The highest BCUT2D eigenvalue weighted by Crippen LogP contribution is 2.46. The Kier molecular flexibility index (Phi) is 22.2. The summed E-state index contributed by atoms with van der Waals surface area (Å²) in [4.78, 5) is 0. The Labute approximate surface area is 723 Å². The molecule has 0 radical (unpaired) electrons. The first-order valence-corrected chi connectivity index (χ1v) is 43.3. The third-order valence-electron chi connectivity index (χ3n) is 29.7. The second kappa shape index (κ2) is 30.1. The summed E-state index contributed by atoms with van der Waals surface area (Å²) in [6, 6.07) is 62.1. The molecule has 0 saturated carbocycles. The first-order chi connectivity index (χ1) is 55.7. The molecule has 0 aliphatic carbocycles. The van der Waals surface area contributed by atoms with Gasteiger partial charge in [-0.3, -0.25) is 0 Å². The standard InChI is InChI=1S/C42H51B3O6.C30H35B2NO4.C24H39B3O6/c1-37(2)38(3,4)47-43(46-37)34-19-13-28(14-20-34)31-25-32(29-15-21-35(22-16-29)44-48-39(5,6)40(7,8)49-44)27-33(26-31)30-17-23-36(24-18-30)45-50-41(9,10)42(11,12)51-45;1-27(2)28(3,4)35-31(34-27)20-14-16-23-24-17-15-21(32-36-29(5,6)30(7,8)37-32)19-26(24)33(25(23)18-20)22-12-10-9-11-13-22;1-19(2)20(3,4)29-25(28-19)16-13-17(26-30-21(5,6)22(7,8)31-26)15-18(14-16)27-32-23(9,10)24(11,12)33-27/h13-27H,1-12H3;9-19H,1-8H3;13-15H,1-12H3. The van der Waals surface area contributed by atoms with Crippen molar-refractivity contribution in [1.29, 1.82) is 0 Å². The first-order valence-electron chi connectivity index (χ1n) is 43.3. The molecule has 9 heterocycles. The summed E-state index contributed by atoms with van der Waals surface area (Å²) in [5.41, 5.74) is 11.1. The van der Waals surface area contributed by atoms with Gasteiger partial charge in [-0.1, -0.05) is 133 Å². The van der Waals surface area contributed by atoms with Crippen molar-refractivity contribution in [3.8, 4) is 39.1 Å². The minimum absolute atomic E-state index is 0.392. The van der Waals surface area contributed by atoms with Crippen LogP contribution in [-0.4, -0.2) is 151 Å². The molecule has 0 N–H and O–H groups in total. The van der Waals surface area contributed by atoms with Gasteiger partial charge in [-0.05, 0) is 341 Å². The largest absolute Gasteiger partial charge is 0.494 e. The molecule has 9 aromatic rings. The lowest BCUT2D eigenvalue weighted by Gasteiger charge is -2.32. The number of para-hydroxylation sites is 1. The summed E-state index contributed by atoms with van der Waals surface area (Å²) < 4.78 is 104. The minimum Gasteiger partial charge on any atom is -0.399 e. The number of hydrogen-bond acceptors (Lipinski definition) is 16. The Balaban J connectivity index is 0.000000145. The van der Waals surface area contributed by atoms with Crippen LogP contribution < -0.4 is 43.7 Å². The van der Waals surface area contributed by atoms with E-state index >= 15 is 0 Å². The molecule has 8 aliphatic heterocycles. The van der Waals surface area contributed by atoms with Crippen molar-refractivity contribution in [2.75, 3.05) is 0 Å². The third-order valence-corrected chi connectivity index (χ3v) is 29.7. The molecular formula is C96H125B8NO16. The van der Waals surface area contributed by atoms with Crippen molar-refractivity contribution in [2.45, 2.75) is 311 Å². The molecule has 8 aliphatic rings. The van der Waals surface area contributed by atoms with Gasteiger partial charge >= 0.3 is 56.9 Å². The average Bonchev–Trinajstić information content (AvgIpc) is 1.58. The Bertz CT molecular complexity index is 4800. The van der Waals surface area contributed by atoms with Gasteiger partial charge in [0.25, 0.3) is 0 Å². The predicted molar refractivity (Wildman–Crippen MR) is 496 cm³/mol. The maximum atomic E-state index is 6.38. The number of aromatic nitrogens is 1. The SMILES string of the molecule is CC1(C)OB(c2cc(B3OC(C)(C)C(C)(C)O3)cc(B3OC(C)(C)C(C)(C)O3)c2)OC1(C)C.CC1(C)OB(c2ccc(-c3cc(-c4ccc(B5OC(C)(C)C(C)(C)O5)cc4)cc(-c4ccc(B5OC(C)(C)C(C)(C)O5)cc4)c3)cc2)OC1(C)C.CC1(C)OB(c2ccc3c4ccc(B5OC(C)(C)C(C)(C)O5)cc4n(-c4ccccc4)c3c2)OC1(C)C. The van der Waals surface area contributed by atoms with E-state index in [2.05, 4.69) is 396 Å². The molecule has 0 spiro atoms. The fourth-order valence-corrected chi connectivity index (χ4v) is 15.8. The zero-order valence-electron chi connectivity index (χ0n) is 77.8. The van der Waals surface area contributed by atoms with Crippen LogP contribution in [0.2, 0.25) is 0 Å². The molecule has 17 nitrogen and oxygen atoms in total. The Morgan fingerprint density at radius 2 is 0.339 bits per heavy atom. The quantitative estimate of drug-likeness (QED) is 0.107. The zero-order valence-corrected chi connectivity index (χ0v) is 77.8. The van der Waals surface area contributed by atoms with E-state index in [1.807, 2.05) is 6.07 Å². The summed E-state index contributed by atoms with van der Waals surface area (Å²) >= 11 is 0. The van der Waals surface area contributed by atoms with Crippen molar-refractivity contribution < 1.29 is 74.5 Å². The molecule has 8 aromatic carbocycles. The highest BCUT2D eigenvalue weighted by Gasteiger charge is 2.60. The van der Waals surface area contributed by atoms with E-state index in [9.17, 15) is 0 Å². The summed E-state index contributed by atoms with van der Waals surface area (Å²) in [5.74, 6) is 0. The number of fused-ring (bicyclic) bond motifs is 3. The highest BCUT2D eigenvalue weighted by molar-refractivity contribution is 6.70. The van der Waals surface area contributed by atoms with E-state index in [4.69, 9.17) is 74.5 Å². The molecule has 0 amide bonds. The zero-order chi connectivity index (χ0) is 88.0. The average molecular weight is 1640 g/mol. The topological polar surface area (TPSA) is 153 Å². The van der Waals surface area contributed by atoms with Crippen molar-refractivity contribution in [3.63, 3.8) is 0 Å². The molecule has 121 heavy (non-hydrogen) atoms. The highest BCUT2D eigenvalue weighted by atomic mass is 16.7. The summed E-state index contributed by atoms with van der Waals surface area (Å²) in [6.07, 6.45) is 0. The van der Waals surface area contributed by atoms with Crippen LogP contribution in [0.3, 0.4) is 0 Å². The molecule has 0 unspecified atom stereocenters. The van der Waals surface area contributed by atoms with Crippen LogP contribution in [0.15, 0.2) is 176 Å². The number of benzene rings is 8. The Morgan fingerprint density at radius 3 is 0.537 bits per heavy atom. The lowest BCUT2D eigenvalue weighted by atomic mass is 9.66. The number of nitrogens with zero attached hydrogens (tertiary/aromatic N) is 1. The van der Waals surface area contributed by atoms with Gasteiger partial charge in [-0.25, -0.2) is 0 Å². The van der Waals surface area contributed by atoms with Crippen molar-refractivity contribution in [2.24, 2.45) is 0 Å². The fourth-order valence-electron chi connectivity index (χ4n) is 15.8. The second-order valence-electron chi connectivity index (χ2n) is 42.5. The van der Waals surface area contributed by atoms with Gasteiger partial charge in [-0.15, -0.1) is 0 Å². The maximum absolute atomic E-state index is 6.38. The molecule has 25 heteroatoms. The van der Waals surface area contributed by atoms with Crippen molar-refractivity contribution in [1.82, 2.24) is 4.57 Å². The Hall–Kier alpha value is -6.56. The smallest absolute Gasteiger partial charge is 0.399 e. The van der Waals surface area contributed by atoms with Crippen LogP contribution >= 0.6 is 0 Å². The summed E-state index contributed by atoms with van der Waals surface area (Å²) in [5, 5.41) is 2.36. The van der Waals surface area contributed by atoms with Gasteiger partial charge in [0, 0.05) is 16.5 Å². The molecule has 8 fully saturated rings. The molecular weight excluding hydrogens is 1510 g/mol. The van der Waals surface area contributed by atoms with Gasteiger partial charge in [0.2, 0.25) is 0 Å². The van der Waals surface area contributed by atoms with E-state index < -0.39 is 147 Å². The van der Waals surface area contributed by atoms with E-state index in [1.165, 1.54) is 10.8 Å². The van der Waals surface area contributed by atoms with Crippen LogP contribution in [0.1, 0.15) is 222 Å².